The van der Waals surface area contributed by atoms with Gasteiger partial charge in [0.05, 0.1) is 0 Å². The molecule has 1 fully saturated rings. The first-order valence-electron chi connectivity index (χ1n) is 7.77. The van der Waals surface area contributed by atoms with Gasteiger partial charge in [-0.1, -0.05) is 0 Å². The van der Waals surface area contributed by atoms with Gasteiger partial charge in [0.25, 0.3) is 0 Å². The molecular weight excluding hydrogens is 279 g/mol. The number of hydrogen-bond acceptors (Lipinski definition) is 4. The minimum Gasteiger partial charge on any atom is -0.370 e. The molecular formula is C17H21FN4. The number of nitrogens with zero attached hydrogens (tertiary/aromatic N) is 2. The van der Waals surface area contributed by atoms with Crippen LogP contribution in [0.4, 0.5) is 10.2 Å². The molecule has 1 saturated heterocycles. The maximum absolute atomic E-state index is 13.0. The van der Waals surface area contributed by atoms with Crippen molar-refractivity contribution >= 4 is 5.82 Å². The quantitative estimate of drug-likeness (QED) is 0.911. The van der Waals surface area contributed by atoms with Gasteiger partial charge in [-0.2, -0.15) is 0 Å². The Labute approximate surface area is 130 Å². The number of halogens is 1. The first kappa shape index (κ1) is 14.9. The van der Waals surface area contributed by atoms with Crippen molar-refractivity contribution in [2.75, 3.05) is 25.0 Å². The van der Waals surface area contributed by atoms with Gasteiger partial charge in [0.15, 0.2) is 5.82 Å². The molecule has 0 saturated carbocycles. The Morgan fingerprint density at radius 3 is 2.82 bits per heavy atom. The second-order valence-corrected chi connectivity index (χ2v) is 5.82. The van der Waals surface area contributed by atoms with Crippen LogP contribution in [-0.4, -0.2) is 29.6 Å². The number of piperidine rings is 1. The van der Waals surface area contributed by atoms with Gasteiger partial charge in [-0.15, -0.1) is 0 Å². The van der Waals surface area contributed by atoms with Crippen molar-refractivity contribution in [1.82, 2.24) is 15.3 Å². The SMILES string of the molecule is Cc1cc(NCC2CCCNC2)nc(-c2ccc(F)cc2)n1. The van der Waals surface area contributed by atoms with Crippen LogP contribution in [0.1, 0.15) is 18.5 Å². The Kier molecular flexibility index (Phi) is 4.63. The lowest BCUT2D eigenvalue weighted by Gasteiger charge is -2.23. The summed E-state index contributed by atoms with van der Waals surface area (Å²) in [5.74, 6) is 1.85. The number of benzene rings is 1. The van der Waals surface area contributed by atoms with Gasteiger partial charge in [-0.3, -0.25) is 0 Å². The molecule has 1 unspecified atom stereocenters. The Morgan fingerprint density at radius 2 is 2.09 bits per heavy atom. The van der Waals surface area contributed by atoms with Crippen LogP contribution < -0.4 is 10.6 Å². The highest BCUT2D eigenvalue weighted by atomic mass is 19.1. The molecule has 0 amide bonds. The Morgan fingerprint density at radius 1 is 1.27 bits per heavy atom. The van der Waals surface area contributed by atoms with E-state index in [9.17, 15) is 4.39 Å². The lowest BCUT2D eigenvalue weighted by atomic mass is 10.00. The highest BCUT2D eigenvalue weighted by Crippen LogP contribution is 2.19. The smallest absolute Gasteiger partial charge is 0.161 e. The molecule has 0 spiro atoms. The maximum Gasteiger partial charge on any atom is 0.161 e. The van der Waals surface area contributed by atoms with Crippen LogP contribution >= 0.6 is 0 Å². The zero-order chi connectivity index (χ0) is 15.4. The molecule has 0 aliphatic carbocycles. The third-order valence-corrected chi connectivity index (χ3v) is 3.93. The average Bonchev–Trinajstić information content (AvgIpc) is 2.54. The van der Waals surface area contributed by atoms with E-state index in [0.717, 1.165) is 36.7 Å². The molecule has 2 aromatic rings. The summed E-state index contributed by atoms with van der Waals surface area (Å²) in [5, 5.41) is 6.83. The first-order valence-corrected chi connectivity index (χ1v) is 7.77. The largest absolute Gasteiger partial charge is 0.370 e. The van der Waals surface area contributed by atoms with E-state index in [0.29, 0.717) is 11.7 Å². The van der Waals surface area contributed by atoms with Gasteiger partial charge in [-0.25, -0.2) is 14.4 Å². The Balaban J connectivity index is 1.73. The monoisotopic (exact) mass is 300 g/mol. The standard InChI is InChI=1S/C17H21FN4/c1-12-9-16(20-11-13-3-2-8-19-10-13)22-17(21-12)14-4-6-15(18)7-5-14/h4-7,9,13,19H,2-3,8,10-11H2,1H3,(H,20,21,22). The minimum absolute atomic E-state index is 0.250. The molecule has 4 nitrogen and oxygen atoms in total. The molecule has 1 aromatic heterocycles. The summed E-state index contributed by atoms with van der Waals surface area (Å²) >= 11 is 0. The van der Waals surface area contributed by atoms with Gasteiger partial charge >= 0.3 is 0 Å². The van der Waals surface area contributed by atoms with Gasteiger partial charge < -0.3 is 10.6 Å². The van der Waals surface area contributed by atoms with Crippen LogP contribution in [0.15, 0.2) is 30.3 Å². The van der Waals surface area contributed by atoms with Crippen LogP contribution in [0.3, 0.4) is 0 Å². The molecule has 1 aliphatic heterocycles. The van der Waals surface area contributed by atoms with Crippen molar-refractivity contribution in [1.29, 1.82) is 0 Å². The number of aromatic nitrogens is 2. The third-order valence-electron chi connectivity index (χ3n) is 3.93. The van der Waals surface area contributed by atoms with Crippen LogP contribution in [0.25, 0.3) is 11.4 Å². The fourth-order valence-electron chi connectivity index (χ4n) is 2.73. The van der Waals surface area contributed by atoms with Gasteiger partial charge in [-0.05, 0) is 63.0 Å². The fourth-order valence-corrected chi connectivity index (χ4v) is 2.73. The topological polar surface area (TPSA) is 49.8 Å². The van der Waals surface area contributed by atoms with Crippen LogP contribution in [-0.2, 0) is 0 Å². The molecule has 3 rings (SSSR count). The molecule has 22 heavy (non-hydrogen) atoms. The number of nitrogens with one attached hydrogen (secondary N) is 2. The van der Waals surface area contributed by atoms with Crippen LogP contribution in [0.5, 0.6) is 0 Å². The van der Waals surface area contributed by atoms with Crippen molar-refractivity contribution in [2.45, 2.75) is 19.8 Å². The summed E-state index contributed by atoms with van der Waals surface area (Å²) in [7, 11) is 0. The molecule has 1 aliphatic rings. The summed E-state index contributed by atoms with van der Waals surface area (Å²) < 4.78 is 13.0. The molecule has 2 N–H and O–H groups in total. The van der Waals surface area contributed by atoms with Crippen LogP contribution in [0, 0.1) is 18.7 Å². The van der Waals surface area contributed by atoms with Crippen molar-refractivity contribution < 1.29 is 4.39 Å². The predicted octanol–water partition coefficient (Wildman–Crippen LogP) is 3.00. The molecule has 0 radical (unpaired) electrons. The van der Waals surface area contributed by atoms with Gasteiger partial charge in [0, 0.05) is 23.9 Å². The van der Waals surface area contributed by atoms with Gasteiger partial charge in [0.1, 0.15) is 11.6 Å². The predicted molar refractivity (Wildman–Crippen MR) is 86.2 cm³/mol. The molecule has 2 heterocycles. The average molecular weight is 300 g/mol. The highest BCUT2D eigenvalue weighted by molar-refractivity contribution is 5.57. The van der Waals surface area contributed by atoms with E-state index in [4.69, 9.17) is 0 Å². The van der Waals surface area contributed by atoms with Crippen molar-refractivity contribution in [3.8, 4) is 11.4 Å². The maximum atomic E-state index is 13.0. The second-order valence-electron chi connectivity index (χ2n) is 5.82. The van der Waals surface area contributed by atoms with E-state index in [1.54, 1.807) is 12.1 Å². The zero-order valence-corrected chi connectivity index (χ0v) is 12.8. The second kappa shape index (κ2) is 6.83. The van der Waals surface area contributed by atoms with Crippen molar-refractivity contribution in [2.24, 2.45) is 5.92 Å². The minimum atomic E-state index is -0.250. The number of aryl methyl sites for hydroxylation is 1. The summed E-state index contributed by atoms with van der Waals surface area (Å²) in [4.78, 5) is 9.00. The van der Waals surface area contributed by atoms with Crippen molar-refractivity contribution in [3.05, 3.63) is 41.8 Å². The Bertz CT molecular complexity index is 621. The summed E-state index contributed by atoms with van der Waals surface area (Å²) in [6, 6.07) is 8.23. The molecule has 1 aromatic carbocycles. The van der Waals surface area contributed by atoms with Crippen molar-refractivity contribution in [3.63, 3.8) is 0 Å². The van der Waals surface area contributed by atoms with Crippen LogP contribution in [0.2, 0.25) is 0 Å². The van der Waals surface area contributed by atoms with E-state index in [1.807, 2.05) is 13.0 Å². The van der Waals surface area contributed by atoms with E-state index in [-0.39, 0.29) is 5.82 Å². The number of hydrogen-bond donors (Lipinski definition) is 2. The van der Waals surface area contributed by atoms with E-state index in [1.165, 1.54) is 25.0 Å². The summed E-state index contributed by atoms with van der Waals surface area (Å²) in [6.07, 6.45) is 2.48. The molecule has 5 heteroatoms. The number of anilines is 1. The molecule has 1 atom stereocenters. The van der Waals surface area contributed by atoms with E-state index >= 15 is 0 Å². The highest BCUT2D eigenvalue weighted by Gasteiger charge is 2.13. The Hall–Kier alpha value is -2.01. The lowest BCUT2D eigenvalue weighted by Crippen LogP contribution is -2.33. The summed E-state index contributed by atoms with van der Waals surface area (Å²) in [6.45, 7) is 5.04. The molecule has 0 bridgehead atoms. The van der Waals surface area contributed by atoms with E-state index in [2.05, 4.69) is 20.6 Å². The first-order chi connectivity index (χ1) is 10.7. The summed E-state index contributed by atoms with van der Waals surface area (Å²) in [5.41, 5.74) is 1.73. The number of rotatable bonds is 4. The normalized spacial score (nSPS) is 18.2. The van der Waals surface area contributed by atoms with Gasteiger partial charge in [0.2, 0.25) is 0 Å². The van der Waals surface area contributed by atoms with E-state index < -0.39 is 0 Å². The third kappa shape index (κ3) is 3.80. The zero-order valence-electron chi connectivity index (χ0n) is 12.8. The molecule has 116 valence electrons. The lowest BCUT2D eigenvalue weighted by molar-refractivity contribution is 0.392. The fraction of sp³-hybridized carbons (Fsp3) is 0.412.